The number of carboxylic acids is 1. The van der Waals surface area contributed by atoms with E-state index in [4.69, 9.17) is 5.11 Å². The third kappa shape index (κ3) is 4.86. The second-order valence-corrected chi connectivity index (χ2v) is 4.90. The van der Waals surface area contributed by atoms with Crippen LogP contribution < -0.4 is 0 Å². The van der Waals surface area contributed by atoms with Crippen LogP contribution in [-0.2, 0) is 11.2 Å². The van der Waals surface area contributed by atoms with Crippen LogP contribution in [-0.4, -0.2) is 21.8 Å². The molecule has 15 heavy (non-hydrogen) atoms. The molecule has 0 fully saturated rings. The van der Waals surface area contributed by atoms with Crippen molar-refractivity contribution in [2.45, 2.75) is 24.1 Å². The largest absolute Gasteiger partial charge is 0.481 e. The van der Waals surface area contributed by atoms with Gasteiger partial charge in [0.05, 0.1) is 12.1 Å². The van der Waals surface area contributed by atoms with Gasteiger partial charge in [0.15, 0.2) is 0 Å². The van der Waals surface area contributed by atoms with E-state index in [0.717, 1.165) is 16.5 Å². The Bertz CT molecular complexity index is 390. The number of nitrogens with zero attached hydrogens (tertiary/aromatic N) is 1. The normalized spacial score (nSPS) is 9.40. The first-order valence-corrected chi connectivity index (χ1v) is 6.27. The molecular formula is C10H11NO2S2. The topological polar surface area (TPSA) is 50.2 Å². The first-order valence-electron chi connectivity index (χ1n) is 4.41. The molecule has 0 aliphatic carbocycles. The highest BCUT2D eigenvalue weighted by molar-refractivity contribution is 8.01. The number of thioether (sulfide) groups is 1. The fraction of sp³-hybridized carbons (Fsp3) is 0.400. The molecule has 1 N–H and O–H groups in total. The van der Waals surface area contributed by atoms with Crippen LogP contribution in [0.3, 0.4) is 0 Å². The summed E-state index contributed by atoms with van der Waals surface area (Å²) in [7, 11) is 0. The fourth-order valence-corrected chi connectivity index (χ4v) is 2.68. The van der Waals surface area contributed by atoms with E-state index in [1.165, 1.54) is 11.3 Å². The monoisotopic (exact) mass is 241 g/mol. The average Bonchev–Trinajstić information content (AvgIpc) is 2.59. The first kappa shape index (κ1) is 12.1. The Kier molecular flexibility index (Phi) is 5.22. The summed E-state index contributed by atoms with van der Waals surface area (Å²) in [4.78, 5) is 14.6. The number of rotatable bonds is 5. The SMILES string of the molecule is CC#CCCSc1nc(CC(=O)O)cs1. The highest BCUT2D eigenvalue weighted by Gasteiger charge is 2.05. The molecule has 1 aromatic rings. The minimum atomic E-state index is -0.839. The molecule has 80 valence electrons. The number of carboxylic acid groups (broad SMARTS) is 1. The Morgan fingerprint density at radius 1 is 1.73 bits per heavy atom. The zero-order chi connectivity index (χ0) is 11.1. The van der Waals surface area contributed by atoms with Crippen LogP contribution in [0.5, 0.6) is 0 Å². The lowest BCUT2D eigenvalue weighted by molar-refractivity contribution is -0.136. The summed E-state index contributed by atoms with van der Waals surface area (Å²) in [5.41, 5.74) is 0.636. The second kappa shape index (κ2) is 6.49. The molecule has 3 nitrogen and oxygen atoms in total. The van der Waals surface area contributed by atoms with Crippen molar-refractivity contribution in [1.82, 2.24) is 4.98 Å². The standard InChI is InChI=1S/C10H11NO2S2/c1-2-3-4-5-14-10-11-8(7-15-10)6-9(12)13/h7H,4-6H2,1H3,(H,12,13). The van der Waals surface area contributed by atoms with Gasteiger partial charge < -0.3 is 5.11 Å². The van der Waals surface area contributed by atoms with Gasteiger partial charge in [0, 0.05) is 17.6 Å². The molecular weight excluding hydrogens is 230 g/mol. The maximum absolute atomic E-state index is 10.4. The Hall–Kier alpha value is -0.990. The van der Waals surface area contributed by atoms with Crippen LogP contribution in [0.15, 0.2) is 9.72 Å². The summed E-state index contributed by atoms with van der Waals surface area (Å²) in [6.07, 6.45) is 0.848. The van der Waals surface area contributed by atoms with E-state index < -0.39 is 5.97 Å². The van der Waals surface area contributed by atoms with E-state index in [1.807, 2.05) is 6.92 Å². The maximum atomic E-state index is 10.4. The van der Waals surface area contributed by atoms with Crippen molar-refractivity contribution in [2.75, 3.05) is 5.75 Å². The van der Waals surface area contributed by atoms with E-state index in [-0.39, 0.29) is 6.42 Å². The van der Waals surface area contributed by atoms with E-state index in [9.17, 15) is 4.79 Å². The van der Waals surface area contributed by atoms with Crippen molar-refractivity contribution in [3.8, 4) is 11.8 Å². The van der Waals surface area contributed by atoms with Gasteiger partial charge in [-0.2, -0.15) is 0 Å². The number of hydrogen-bond donors (Lipinski definition) is 1. The molecule has 0 saturated carbocycles. The lowest BCUT2D eigenvalue weighted by Crippen LogP contribution is -1.99. The summed E-state index contributed by atoms with van der Waals surface area (Å²) in [5, 5.41) is 10.4. The number of aliphatic carboxylic acids is 1. The number of aromatic nitrogens is 1. The predicted molar refractivity (Wildman–Crippen MR) is 62.2 cm³/mol. The quantitative estimate of drug-likeness (QED) is 0.488. The molecule has 0 aromatic carbocycles. The minimum Gasteiger partial charge on any atom is -0.481 e. The van der Waals surface area contributed by atoms with Gasteiger partial charge in [0.25, 0.3) is 0 Å². The van der Waals surface area contributed by atoms with Crippen LogP contribution in [0.25, 0.3) is 0 Å². The molecule has 0 amide bonds. The molecule has 0 radical (unpaired) electrons. The summed E-state index contributed by atoms with van der Waals surface area (Å²) >= 11 is 3.11. The van der Waals surface area contributed by atoms with E-state index >= 15 is 0 Å². The zero-order valence-electron chi connectivity index (χ0n) is 8.32. The van der Waals surface area contributed by atoms with Gasteiger partial charge >= 0.3 is 5.97 Å². The highest BCUT2D eigenvalue weighted by atomic mass is 32.2. The first-order chi connectivity index (χ1) is 7.22. The summed E-state index contributed by atoms with van der Waals surface area (Å²) in [6, 6.07) is 0. The van der Waals surface area contributed by atoms with Crippen molar-refractivity contribution < 1.29 is 9.90 Å². The number of thiazole rings is 1. The molecule has 1 heterocycles. The van der Waals surface area contributed by atoms with Gasteiger partial charge in [-0.15, -0.1) is 23.2 Å². The van der Waals surface area contributed by atoms with Crippen molar-refractivity contribution in [2.24, 2.45) is 0 Å². The third-order valence-corrected chi connectivity index (χ3v) is 3.56. The molecule has 0 spiro atoms. The Balaban J connectivity index is 2.38. The summed E-state index contributed by atoms with van der Waals surface area (Å²) < 4.78 is 0.921. The van der Waals surface area contributed by atoms with Gasteiger partial charge in [-0.25, -0.2) is 4.98 Å². The molecule has 1 rings (SSSR count). The van der Waals surface area contributed by atoms with E-state index in [2.05, 4.69) is 16.8 Å². The van der Waals surface area contributed by atoms with Crippen molar-refractivity contribution in [3.05, 3.63) is 11.1 Å². The maximum Gasteiger partial charge on any atom is 0.309 e. The van der Waals surface area contributed by atoms with Crippen molar-refractivity contribution >= 4 is 29.1 Å². The predicted octanol–water partition coefficient (Wildman–Crippen LogP) is 2.28. The molecule has 0 unspecified atom stereocenters. The Labute approximate surface area is 96.9 Å². The highest BCUT2D eigenvalue weighted by Crippen LogP contribution is 2.23. The Morgan fingerprint density at radius 2 is 2.53 bits per heavy atom. The smallest absolute Gasteiger partial charge is 0.309 e. The molecule has 0 bridgehead atoms. The molecule has 1 aromatic heterocycles. The van der Waals surface area contributed by atoms with E-state index in [1.54, 1.807) is 17.1 Å². The molecule has 0 saturated heterocycles. The minimum absolute atomic E-state index is 0.00578. The molecule has 0 aliphatic heterocycles. The van der Waals surface area contributed by atoms with Crippen LogP contribution in [0.4, 0.5) is 0 Å². The lowest BCUT2D eigenvalue weighted by atomic mass is 10.3. The van der Waals surface area contributed by atoms with Crippen molar-refractivity contribution in [1.29, 1.82) is 0 Å². The van der Waals surface area contributed by atoms with Gasteiger partial charge in [-0.05, 0) is 6.92 Å². The third-order valence-electron chi connectivity index (χ3n) is 1.49. The average molecular weight is 241 g/mol. The molecule has 5 heteroatoms. The Morgan fingerprint density at radius 3 is 3.20 bits per heavy atom. The van der Waals surface area contributed by atoms with Gasteiger partial charge in [0.2, 0.25) is 0 Å². The number of hydrogen-bond acceptors (Lipinski definition) is 4. The van der Waals surface area contributed by atoms with Crippen LogP contribution in [0.1, 0.15) is 19.0 Å². The van der Waals surface area contributed by atoms with Crippen LogP contribution >= 0.6 is 23.1 Å². The summed E-state index contributed by atoms with van der Waals surface area (Å²) in [6.45, 7) is 1.82. The molecule has 0 aliphatic rings. The number of carbonyl (C=O) groups is 1. The van der Waals surface area contributed by atoms with Gasteiger partial charge in [0.1, 0.15) is 4.34 Å². The lowest BCUT2D eigenvalue weighted by Gasteiger charge is -1.91. The van der Waals surface area contributed by atoms with Gasteiger partial charge in [-0.3, -0.25) is 4.79 Å². The molecule has 0 atom stereocenters. The van der Waals surface area contributed by atoms with Crippen LogP contribution in [0.2, 0.25) is 0 Å². The van der Waals surface area contributed by atoms with Crippen molar-refractivity contribution in [3.63, 3.8) is 0 Å². The van der Waals surface area contributed by atoms with Gasteiger partial charge in [-0.1, -0.05) is 11.8 Å². The fourth-order valence-electron chi connectivity index (χ4n) is 0.905. The second-order valence-electron chi connectivity index (χ2n) is 2.70. The summed E-state index contributed by atoms with van der Waals surface area (Å²) in [5.74, 6) is 5.86. The zero-order valence-corrected chi connectivity index (χ0v) is 9.95. The van der Waals surface area contributed by atoms with Crippen LogP contribution in [0, 0.1) is 11.8 Å². The van der Waals surface area contributed by atoms with E-state index in [0.29, 0.717) is 5.69 Å².